The number of anilines is 1. The van der Waals surface area contributed by atoms with E-state index in [1.807, 2.05) is 12.1 Å². The van der Waals surface area contributed by atoms with Gasteiger partial charge in [0.05, 0.1) is 0 Å². The van der Waals surface area contributed by atoms with Crippen LogP contribution in [0, 0.1) is 5.92 Å². The van der Waals surface area contributed by atoms with Crippen LogP contribution in [-0.4, -0.2) is 65.7 Å². The van der Waals surface area contributed by atoms with Gasteiger partial charge in [-0.25, -0.2) is 4.79 Å². The summed E-state index contributed by atoms with van der Waals surface area (Å²) in [7, 11) is 0. The zero-order chi connectivity index (χ0) is 20.8. The van der Waals surface area contributed by atoms with Crippen molar-refractivity contribution in [3.05, 3.63) is 28.2 Å². The van der Waals surface area contributed by atoms with Crippen LogP contribution in [0.15, 0.2) is 18.2 Å². The smallest absolute Gasteiger partial charge is 0.322 e. The quantitative estimate of drug-likeness (QED) is 0.600. The predicted molar refractivity (Wildman–Crippen MR) is 108 cm³/mol. The average molecular weight is 441 g/mol. The number of nitrogens with zero attached hydrogens (tertiary/aromatic N) is 2. The third-order valence-electron chi connectivity index (χ3n) is 5.85. The van der Waals surface area contributed by atoms with Gasteiger partial charge in [0.2, 0.25) is 0 Å². The van der Waals surface area contributed by atoms with Crippen molar-refractivity contribution in [1.29, 1.82) is 0 Å². The molecule has 0 bridgehead atoms. The highest BCUT2D eigenvalue weighted by Gasteiger charge is 2.57. The molecular weight excluding hydrogens is 419 g/mol. The molecular formula is C19H22Cl2N4O4. The minimum absolute atomic E-state index is 0.0409. The van der Waals surface area contributed by atoms with Gasteiger partial charge >= 0.3 is 6.03 Å². The largest absolute Gasteiger partial charge is 0.383 e. The highest BCUT2D eigenvalue weighted by atomic mass is 35.5. The van der Waals surface area contributed by atoms with Gasteiger partial charge in [0.1, 0.15) is 11.6 Å². The van der Waals surface area contributed by atoms with Crippen molar-refractivity contribution < 1.29 is 19.5 Å². The van der Waals surface area contributed by atoms with Gasteiger partial charge in [0.15, 0.2) is 0 Å². The Morgan fingerprint density at radius 3 is 2.28 bits per heavy atom. The van der Waals surface area contributed by atoms with Crippen molar-refractivity contribution >= 4 is 46.7 Å². The number of rotatable bonds is 5. The van der Waals surface area contributed by atoms with E-state index in [4.69, 9.17) is 23.2 Å². The van der Waals surface area contributed by atoms with Crippen molar-refractivity contribution in [3.63, 3.8) is 0 Å². The van der Waals surface area contributed by atoms with E-state index in [9.17, 15) is 19.5 Å². The van der Waals surface area contributed by atoms with E-state index >= 15 is 0 Å². The Hall–Kier alpha value is -2.03. The molecule has 3 N–H and O–H groups in total. The van der Waals surface area contributed by atoms with Crippen LogP contribution in [0.4, 0.5) is 10.5 Å². The van der Waals surface area contributed by atoms with Crippen molar-refractivity contribution in [2.45, 2.75) is 30.9 Å². The van der Waals surface area contributed by atoms with Crippen LogP contribution in [0.2, 0.25) is 10.0 Å². The molecule has 3 aliphatic rings. The maximum Gasteiger partial charge on any atom is 0.322 e. The average Bonchev–Trinajstić information content (AvgIpc) is 3.47. The van der Waals surface area contributed by atoms with E-state index in [-0.39, 0.29) is 12.3 Å². The summed E-state index contributed by atoms with van der Waals surface area (Å²) in [5, 5.41) is 16.5. The van der Waals surface area contributed by atoms with Gasteiger partial charge in [-0.1, -0.05) is 23.2 Å². The first-order valence-electron chi connectivity index (χ1n) is 9.60. The topological polar surface area (TPSA) is 102 Å². The highest BCUT2D eigenvalue weighted by molar-refractivity contribution is 6.35. The lowest BCUT2D eigenvalue weighted by molar-refractivity contribution is -0.142. The summed E-state index contributed by atoms with van der Waals surface area (Å²) in [6.07, 6.45) is 0.107. The summed E-state index contributed by atoms with van der Waals surface area (Å²) in [6.45, 7) is 1.99. The van der Waals surface area contributed by atoms with Gasteiger partial charge in [0.25, 0.3) is 11.8 Å². The lowest BCUT2D eigenvalue weighted by atomic mass is 9.86. The Kier molecular flexibility index (Phi) is 5.35. The van der Waals surface area contributed by atoms with Crippen molar-refractivity contribution in [2.24, 2.45) is 5.92 Å². The summed E-state index contributed by atoms with van der Waals surface area (Å²) in [4.78, 5) is 40.4. The van der Waals surface area contributed by atoms with Crippen molar-refractivity contribution in [1.82, 2.24) is 15.5 Å². The number of amides is 4. The SMILES string of the molecule is O=C1NC(=O)C(CC(O)C(=O)N2CCN(c3cc(Cl)cc(Cl)c3)CC2)(C2CC2)N1. The number of hydrogen-bond donors (Lipinski definition) is 3. The summed E-state index contributed by atoms with van der Waals surface area (Å²) in [5.74, 6) is -0.928. The van der Waals surface area contributed by atoms with E-state index in [1.165, 1.54) is 0 Å². The first kappa shape index (κ1) is 20.3. The van der Waals surface area contributed by atoms with Crippen LogP contribution in [0.5, 0.6) is 0 Å². The van der Waals surface area contributed by atoms with Crippen LogP contribution in [-0.2, 0) is 9.59 Å². The minimum atomic E-state index is -1.35. The van der Waals surface area contributed by atoms with Crippen LogP contribution >= 0.6 is 23.2 Å². The normalized spacial score (nSPS) is 25.6. The van der Waals surface area contributed by atoms with Crippen molar-refractivity contribution in [2.75, 3.05) is 31.1 Å². The first-order chi connectivity index (χ1) is 13.8. The second-order valence-electron chi connectivity index (χ2n) is 7.81. The zero-order valence-electron chi connectivity index (χ0n) is 15.7. The number of benzene rings is 1. The molecule has 1 saturated carbocycles. The summed E-state index contributed by atoms with van der Waals surface area (Å²) >= 11 is 12.1. The van der Waals surface area contributed by atoms with E-state index < -0.39 is 29.5 Å². The molecule has 0 spiro atoms. The third kappa shape index (κ3) is 4.01. The number of carbonyl (C=O) groups excluding carboxylic acids is 3. The minimum Gasteiger partial charge on any atom is -0.383 e. The third-order valence-corrected chi connectivity index (χ3v) is 6.28. The van der Waals surface area contributed by atoms with Gasteiger partial charge < -0.3 is 20.2 Å². The number of urea groups is 1. The molecule has 3 fully saturated rings. The number of aliphatic hydroxyl groups excluding tert-OH is 1. The van der Waals surface area contributed by atoms with Crippen LogP contribution < -0.4 is 15.5 Å². The molecule has 156 valence electrons. The van der Waals surface area contributed by atoms with Crippen molar-refractivity contribution in [3.8, 4) is 0 Å². The zero-order valence-corrected chi connectivity index (χ0v) is 17.2. The first-order valence-corrected chi connectivity index (χ1v) is 10.4. The highest BCUT2D eigenvalue weighted by Crippen LogP contribution is 2.43. The summed E-state index contributed by atoms with van der Waals surface area (Å²) in [5.41, 5.74) is -0.306. The fourth-order valence-electron chi connectivity index (χ4n) is 4.19. The Morgan fingerprint density at radius 2 is 1.76 bits per heavy atom. The predicted octanol–water partition coefficient (Wildman–Crippen LogP) is 1.38. The number of imide groups is 1. The van der Waals surface area contributed by atoms with Gasteiger partial charge in [-0.05, 0) is 37.0 Å². The molecule has 2 unspecified atom stereocenters. The molecule has 2 atom stereocenters. The molecule has 2 aliphatic heterocycles. The number of piperazine rings is 1. The number of halogens is 2. The monoisotopic (exact) mass is 440 g/mol. The maximum atomic E-state index is 12.8. The number of aliphatic hydroxyl groups is 1. The lowest BCUT2D eigenvalue weighted by Crippen LogP contribution is -2.56. The fourth-order valence-corrected chi connectivity index (χ4v) is 4.70. The van der Waals surface area contributed by atoms with E-state index in [1.54, 1.807) is 11.0 Å². The molecule has 2 heterocycles. The van der Waals surface area contributed by atoms with Gasteiger partial charge in [0, 0.05) is 48.3 Å². The van der Waals surface area contributed by atoms with Crippen LogP contribution in [0.3, 0.4) is 0 Å². The van der Waals surface area contributed by atoms with E-state index in [0.29, 0.717) is 36.2 Å². The summed E-state index contributed by atoms with van der Waals surface area (Å²) in [6, 6.07) is 4.73. The molecule has 1 aliphatic carbocycles. The van der Waals surface area contributed by atoms with Gasteiger partial charge in [-0.2, -0.15) is 0 Å². The molecule has 29 heavy (non-hydrogen) atoms. The number of nitrogens with one attached hydrogen (secondary N) is 2. The Bertz CT molecular complexity index is 834. The molecule has 10 heteroatoms. The molecule has 2 saturated heterocycles. The standard InChI is InChI=1S/C19H22Cl2N4O4/c20-12-7-13(21)9-14(8-12)24-3-5-25(6-4-24)16(27)15(26)10-19(11-1-2-11)17(28)22-18(29)23-19/h7-9,11,15,26H,1-6,10H2,(H2,22,23,28,29). The van der Waals surface area contributed by atoms with Crippen LogP contribution in [0.25, 0.3) is 0 Å². The summed E-state index contributed by atoms with van der Waals surface area (Å²) < 4.78 is 0. The Balaban J connectivity index is 1.38. The fraction of sp³-hybridized carbons (Fsp3) is 0.526. The maximum absolute atomic E-state index is 12.8. The van der Waals surface area contributed by atoms with E-state index in [2.05, 4.69) is 15.5 Å². The van der Waals surface area contributed by atoms with Gasteiger partial charge in [-0.15, -0.1) is 0 Å². The molecule has 1 aromatic rings. The van der Waals surface area contributed by atoms with E-state index in [0.717, 1.165) is 18.5 Å². The number of carbonyl (C=O) groups is 3. The second kappa shape index (κ2) is 7.66. The molecule has 0 radical (unpaired) electrons. The van der Waals surface area contributed by atoms with Crippen LogP contribution in [0.1, 0.15) is 19.3 Å². The molecule has 4 rings (SSSR count). The molecule has 8 nitrogen and oxygen atoms in total. The lowest BCUT2D eigenvalue weighted by Gasteiger charge is -2.38. The second-order valence-corrected chi connectivity index (χ2v) is 8.69. The molecule has 1 aromatic carbocycles. The van der Waals surface area contributed by atoms with Gasteiger partial charge in [-0.3, -0.25) is 14.9 Å². The number of hydrogen-bond acceptors (Lipinski definition) is 5. The Labute approximate surface area is 178 Å². The Morgan fingerprint density at radius 1 is 1.14 bits per heavy atom. The molecule has 0 aromatic heterocycles. The molecule has 4 amide bonds.